The number of ether oxygens (including phenoxy) is 1. The van der Waals surface area contributed by atoms with Crippen LogP contribution < -0.4 is 10.1 Å². The second-order valence-corrected chi connectivity index (χ2v) is 3.92. The molecule has 1 amide bonds. The van der Waals surface area contributed by atoms with Crippen LogP contribution >= 0.6 is 11.6 Å². The number of nitrogens with one attached hydrogen (secondary N) is 1. The Balaban J connectivity index is 2.25. The van der Waals surface area contributed by atoms with Crippen molar-refractivity contribution in [1.82, 2.24) is 9.97 Å². The molecule has 2 N–H and O–H groups in total. The van der Waals surface area contributed by atoms with Gasteiger partial charge in [0.25, 0.3) is 5.91 Å². The number of aromatic hydroxyl groups is 1. The SMILES string of the molecule is COc1cccc(C(=O)Nc2cncc(Cl)n2)c1O. The van der Waals surface area contributed by atoms with Gasteiger partial charge in [-0.1, -0.05) is 17.7 Å². The van der Waals surface area contributed by atoms with E-state index in [0.29, 0.717) is 0 Å². The highest BCUT2D eigenvalue weighted by molar-refractivity contribution is 6.29. The van der Waals surface area contributed by atoms with Crippen LogP contribution in [0.15, 0.2) is 30.6 Å². The molecule has 0 bridgehead atoms. The van der Waals surface area contributed by atoms with E-state index in [0.717, 1.165) is 0 Å². The monoisotopic (exact) mass is 279 g/mol. The average Bonchev–Trinajstić information content (AvgIpc) is 2.39. The van der Waals surface area contributed by atoms with Gasteiger partial charge >= 0.3 is 0 Å². The van der Waals surface area contributed by atoms with Gasteiger partial charge in [0.2, 0.25) is 0 Å². The second-order valence-electron chi connectivity index (χ2n) is 3.54. The highest BCUT2D eigenvalue weighted by atomic mass is 35.5. The van der Waals surface area contributed by atoms with Gasteiger partial charge in [-0.3, -0.25) is 9.78 Å². The summed E-state index contributed by atoms with van der Waals surface area (Å²) < 4.78 is 4.93. The molecule has 7 heteroatoms. The van der Waals surface area contributed by atoms with Crippen molar-refractivity contribution in [2.75, 3.05) is 12.4 Å². The molecule has 0 saturated carbocycles. The Morgan fingerprint density at radius 1 is 1.42 bits per heavy atom. The Kier molecular flexibility index (Phi) is 3.82. The maximum atomic E-state index is 12.0. The highest BCUT2D eigenvalue weighted by Gasteiger charge is 2.15. The molecule has 0 saturated heterocycles. The van der Waals surface area contributed by atoms with E-state index < -0.39 is 5.91 Å². The van der Waals surface area contributed by atoms with Gasteiger partial charge in [-0.2, -0.15) is 0 Å². The van der Waals surface area contributed by atoms with E-state index in [1.165, 1.54) is 25.6 Å². The fourth-order valence-corrected chi connectivity index (χ4v) is 1.60. The van der Waals surface area contributed by atoms with Crippen LogP contribution in [-0.2, 0) is 0 Å². The number of para-hydroxylation sites is 1. The van der Waals surface area contributed by atoms with Crippen molar-refractivity contribution in [2.45, 2.75) is 0 Å². The lowest BCUT2D eigenvalue weighted by Gasteiger charge is -2.08. The van der Waals surface area contributed by atoms with Gasteiger partial charge in [0.05, 0.1) is 25.1 Å². The zero-order valence-electron chi connectivity index (χ0n) is 9.92. The molecule has 0 radical (unpaired) electrons. The highest BCUT2D eigenvalue weighted by Crippen LogP contribution is 2.29. The predicted molar refractivity (Wildman–Crippen MR) is 69.7 cm³/mol. The smallest absolute Gasteiger partial charge is 0.260 e. The van der Waals surface area contributed by atoms with Crippen LogP contribution in [0.25, 0.3) is 0 Å². The Hall–Kier alpha value is -2.34. The van der Waals surface area contributed by atoms with Gasteiger partial charge in [0.1, 0.15) is 5.15 Å². The fourth-order valence-electron chi connectivity index (χ4n) is 1.46. The Morgan fingerprint density at radius 2 is 2.21 bits per heavy atom. The number of phenols is 1. The first-order valence-electron chi connectivity index (χ1n) is 5.26. The minimum Gasteiger partial charge on any atom is -0.504 e. The van der Waals surface area contributed by atoms with E-state index in [9.17, 15) is 9.90 Å². The fraction of sp³-hybridized carbons (Fsp3) is 0.0833. The van der Waals surface area contributed by atoms with Crippen molar-refractivity contribution >= 4 is 23.3 Å². The summed E-state index contributed by atoms with van der Waals surface area (Å²) in [6.45, 7) is 0. The van der Waals surface area contributed by atoms with E-state index >= 15 is 0 Å². The Bertz CT molecular complexity index is 619. The van der Waals surface area contributed by atoms with Crippen molar-refractivity contribution in [3.05, 3.63) is 41.3 Å². The summed E-state index contributed by atoms with van der Waals surface area (Å²) in [5.41, 5.74) is 0.0705. The molecular weight excluding hydrogens is 270 g/mol. The summed E-state index contributed by atoms with van der Waals surface area (Å²) in [6, 6.07) is 4.60. The lowest BCUT2D eigenvalue weighted by Crippen LogP contribution is -2.13. The van der Waals surface area contributed by atoms with Crippen molar-refractivity contribution in [1.29, 1.82) is 0 Å². The van der Waals surface area contributed by atoms with E-state index in [1.54, 1.807) is 12.1 Å². The molecule has 0 aliphatic carbocycles. The van der Waals surface area contributed by atoms with Crippen molar-refractivity contribution in [3.8, 4) is 11.5 Å². The molecule has 0 fully saturated rings. The summed E-state index contributed by atoms with van der Waals surface area (Å²) in [4.78, 5) is 19.6. The lowest BCUT2D eigenvalue weighted by atomic mass is 10.1. The van der Waals surface area contributed by atoms with Crippen LogP contribution in [0.3, 0.4) is 0 Å². The molecule has 2 rings (SSSR count). The van der Waals surface area contributed by atoms with Gasteiger partial charge in [0.15, 0.2) is 17.3 Å². The lowest BCUT2D eigenvalue weighted by molar-refractivity contribution is 0.102. The average molecular weight is 280 g/mol. The van der Waals surface area contributed by atoms with Crippen molar-refractivity contribution in [2.24, 2.45) is 0 Å². The zero-order valence-corrected chi connectivity index (χ0v) is 10.7. The van der Waals surface area contributed by atoms with Crippen molar-refractivity contribution in [3.63, 3.8) is 0 Å². The number of phenolic OH excluding ortho intramolecular Hbond substituents is 1. The van der Waals surface area contributed by atoms with E-state index in [1.807, 2.05) is 0 Å². The maximum absolute atomic E-state index is 12.0. The minimum absolute atomic E-state index is 0.0705. The van der Waals surface area contributed by atoms with Crippen LogP contribution in [0.1, 0.15) is 10.4 Å². The molecule has 0 aliphatic rings. The molecule has 1 aromatic heterocycles. The van der Waals surface area contributed by atoms with Gasteiger partial charge < -0.3 is 15.2 Å². The van der Waals surface area contributed by atoms with Gasteiger partial charge in [-0.15, -0.1) is 0 Å². The van der Waals surface area contributed by atoms with E-state index in [4.69, 9.17) is 16.3 Å². The Labute approximate surface area is 114 Å². The largest absolute Gasteiger partial charge is 0.504 e. The van der Waals surface area contributed by atoms with Crippen LogP contribution in [0, 0.1) is 0 Å². The quantitative estimate of drug-likeness (QED) is 0.899. The van der Waals surface area contributed by atoms with Gasteiger partial charge in [-0.05, 0) is 12.1 Å². The number of carbonyl (C=O) groups excluding carboxylic acids is 1. The molecule has 0 spiro atoms. The second kappa shape index (κ2) is 5.53. The van der Waals surface area contributed by atoms with E-state index in [-0.39, 0.29) is 28.0 Å². The minimum atomic E-state index is -0.534. The molecule has 19 heavy (non-hydrogen) atoms. The number of methoxy groups -OCH3 is 1. The van der Waals surface area contributed by atoms with Crippen LogP contribution in [0.5, 0.6) is 11.5 Å². The third kappa shape index (κ3) is 2.92. The number of hydrogen-bond acceptors (Lipinski definition) is 5. The number of aromatic nitrogens is 2. The maximum Gasteiger partial charge on any atom is 0.260 e. The van der Waals surface area contributed by atoms with Crippen molar-refractivity contribution < 1.29 is 14.6 Å². The Morgan fingerprint density at radius 3 is 2.89 bits per heavy atom. The van der Waals surface area contributed by atoms with Gasteiger partial charge in [0, 0.05) is 0 Å². The normalized spacial score (nSPS) is 10.0. The molecule has 0 unspecified atom stereocenters. The number of anilines is 1. The number of hydrogen-bond donors (Lipinski definition) is 2. The van der Waals surface area contributed by atoms with Crippen LogP contribution in [-0.4, -0.2) is 28.1 Å². The third-order valence-corrected chi connectivity index (χ3v) is 2.49. The number of benzene rings is 1. The first kappa shape index (κ1) is 13.1. The molecule has 6 nitrogen and oxygen atoms in total. The summed E-state index contributed by atoms with van der Waals surface area (Å²) in [5.74, 6) is -0.366. The summed E-state index contributed by atoms with van der Waals surface area (Å²) in [6.07, 6.45) is 2.70. The number of rotatable bonds is 3. The molecular formula is C12H10ClN3O3. The summed E-state index contributed by atoms with van der Waals surface area (Å²) in [7, 11) is 1.40. The summed E-state index contributed by atoms with van der Waals surface area (Å²) >= 11 is 5.66. The number of nitrogens with zero attached hydrogens (tertiary/aromatic N) is 2. The third-order valence-electron chi connectivity index (χ3n) is 2.31. The predicted octanol–water partition coefficient (Wildman–Crippen LogP) is 2.10. The molecule has 0 atom stereocenters. The molecule has 0 aliphatic heterocycles. The molecule has 1 heterocycles. The van der Waals surface area contributed by atoms with Gasteiger partial charge in [-0.25, -0.2) is 4.98 Å². The molecule has 1 aromatic carbocycles. The first-order valence-corrected chi connectivity index (χ1v) is 5.64. The number of carbonyl (C=O) groups is 1. The summed E-state index contributed by atoms with van der Waals surface area (Å²) in [5, 5.41) is 12.5. The first-order chi connectivity index (χ1) is 9.11. The molecule has 98 valence electrons. The number of amides is 1. The number of halogens is 1. The van der Waals surface area contributed by atoms with E-state index in [2.05, 4.69) is 15.3 Å². The standard InChI is InChI=1S/C12H10ClN3O3/c1-19-8-4-2-3-7(11(8)17)12(18)16-10-6-14-5-9(13)15-10/h2-6,17H,1H3,(H,15,16,18). The topological polar surface area (TPSA) is 84.3 Å². The molecule has 2 aromatic rings. The van der Waals surface area contributed by atoms with Crippen LogP contribution in [0.4, 0.5) is 5.82 Å². The zero-order chi connectivity index (χ0) is 13.8. The van der Waals surface area contributed by atoms with Crippen LogP contribution in [0.2, 0.25) is 5.15 Å².